The molecule has 0 aliphatic carbocycles. The van der Waals surface area contributed by atoms with E-state index in [1.807, 2.05) is 6.07 Å². The van der Waals surface area contributed by atoms with Crippen molar-refractivity contribution in [3.8, 4) is 23.0 Å². The molecule has 0 spiro atoms. The van der Waals surface area contributed by atoms with Gasteiger partial charge in [0.25, 0.3) is 5.56 Å². The van der Waals surface area contributed by atoms with Crippen LogP contribution in [-0.2, 0) is 19.1 Å². The van der Waals surface area contributed by atoms with Gasteiger partial charge in [-0.15, -0.1) is 0 Å². The molecule has 238 valence electrons. The molecule has 0 amide bonds. The fraction of sp³-hybridized carbons (Fsp3) is 0.312. The monoisotopic (exact) mass is 700 g/mol. The topological polar surface area (TPSA) is 124 Å². The van der Waals surface area contributed by atoms with Crippen LogP contribution in [0.1, 0.15) is 37.9 Å². The highest BCUT2D eigenvalue weighted by Crippen LogP contribution is 2.37. The Hall–Kier alpha value is -4.36. The van der Waals surface area contributed by atoms with Gasteiger partial charge in [-0.2, -0.15) is 0 Å². The summed E-state index contributed by atoms with van der Waals surface area (Å²) in [6, 6.07) is 7.68. The van der Waals surface area contributed by atoms with Gasteiger partial charge in [0.2, 0.25) is 0 Å². The van der Waals surface area contributed by atoms with E-state index in [-0.39, 0.29) is 31.0 Å². The molecule has 45 heavy (non-hydrogen) atoms. The molecule has 3 aromatic rings. The predicted molar refractivity (Wildman–Crippen MR) is 172 cm³/mol. The molecule has 0 saturated heterocycles. The minimum absolute atomic E-state index is 0.134. The minimum Gasteiger partial charge on any atom is -0.493 e. The Bertz CT molecular complexity index is 1830. The Morgan fingerprint density at radius 2 is 1.84 bits per heavy atom. The number of aromatic nitrogens is 1. The van der Waals surface area contributed by atoms with Crippen LogP contribution in [-0.4, -0.2) is 57.2 Å². The zero-order valence-electron chi connectivity index (χ0n) is 25.5. The van der Waals surface area contributed by atoms with Crippen LogP contribution in [0.2, 0.25) is 0 Å². The van der Waals surface area contributed by atoms with Crippen molar-refractivity contribution < 1.29 is 38.0 Å². The molecule has 0 N–H and O–H groups in total. The normalized spacial score (nSPS) is 14.3. The maximum absolute atomic E-state index is 14.2. The summed E-state index contributed by atoms with van der Waals surface area (Å²) in [4.78, 5) is 44.3. The number of hydrogen-bond acceptors (Lipinski definition) is 11. The summed E-state index contributed by atoms with van der Waals surface area (Å²) in [7, 11) is 2.80. The third kappa shape index (κ3) is 7.31. The fourth-order valence-electron chi connectivity index (χ4n) is 4.67. The number of halogens is 1. The highest BCUT2D eigenvalue weighted by Gasteiger charge is 2.34. The van der Waals surface area contributed by atoms with Crippen LogP contribution in [0, 0.1) is 0 Å². The number of thiazole rings is 1. The molecule has 13 heteroatoms. The second-order valence-corrected chi connectivity index (χ2v) is 11.4. The number of carbonyl (C=O) groups excluding carboxylic acids is 2. The average Bonchev–Trinajstić information content (AvgIpc) is 3.32. The largest absolute Gasteiger partial charge is 0.493 e. The standard InChI is InChI=1S/C32H33BrN2O9S/c1-7-12-43-29-20(13-21(33)16-24(29)39-5)15-25-30(37)35-28(27(31(38)42-9-3)18(4)34-32(35)45-25)19-10-11-22(23(14-19)41-8-2)44-17-26(36)40-6/h7,10-11,13-16,28H,1,8-9,12,17H2,2-6H3/b25-15+/t28-/m0/s1. The van der Waals surface area contributed by atoms with E-state index in [1.54, 1.807) is 57.2 Å². The first-order valence-electron chi connectivity index (χ1n) is 13.9. The molecule has 0 unspecified atom stereocenters. The van der Waals surface area contributed by atoms with Crippen molar-refractivity contribution in [3.63, 3.8) is 0 Å². The molecule has 2 aromatic carbocycles. The van der Waals surface area contributed by atoms with Crippen molar-refractivity contribution in [2.45, 2.75) is 26.8 Å². The van der Waals surface area contributed by atoms with Gasteiger partial charge in [-0.3, -0.25) is 9.36 Å². The molecule has 2 heterocycles. The van der Waals surface area contributed by atoms with Gasteiger partial charge in [0.05, 0.1) is 49.3 Å². The molecule has 0 radical (unpaired) electrons. The molecule has 0 saturated carbocycles. The molecular weight excluding hydrogens is 668 g/mol. The van der Waals surface area contributed by atoms with Crippen molar-refractivity contribution in [1.82, 2.24) is 4.57 Å². The zero-order chi connectivity index (χ0) is 32.7. The van der Waals surface area contributed by atoms with Crippen molar-refractivity contribution in [2.24, 2.45) is 4.99 Å². The maximum Gasteiger partial charge on any atom is 0.343 e. The minimum atomic E-state index is -0.898. The predicted octanol–water partition coefficient (Wildman–Crippen LogP) is 4.08. The smallest absolute Gasteiger partial charge is 0.343 e. The maximum atomic E-state index is 14.2. The lowest BCUT2D eigenvalue weighted by atomic mass is 9.95. The van der Waals surface area contributed by atoms with Crippen LogP contribution in [0.25, 0.3) is 6.08 Å². The highest BCUT2D eigenvalue weighted by atomic mass is 79.9. The van der Waals surface area contributed by atoms with Gasteiger partial charge in [-0.05, 0) is 56.7 Å². The first-order chi connectivity index (χ1) is 21.7. The molecule has 0 bridgehead atoms. The number of benzene rings is 2. The summed E-state index contributed by atoms with van der Waals surface area (Å²) < 4.78 is 35.5. The first-order valence-corrected chi connectivity index (χ1v) is 15.5. The zero-order valence-corrected chi connectivity index (χ0v) is 27.9. The van der Waals surface area contributed by atoms with Crippen molar-refractivity contribution in [3.05, 3.63) is 89.5 Å². The number of esters is 2. The molecular formula is C32H33BrN2O9S. The summed E-state index contributed by atoms with van der Waals surface area (Å²) >= 11 is 4.67. The van der Waals surface area contributed by atoms with E-state index in [0.29, 0.717) is 55.8 Å². The van der Waals surface area contributed by atoms with Gasteiger partial charge in [-0.1, -0.05) is 46.0 Å². The van der Waals surface area contributed by atoms with Crippen LogP contribution in [0.4, 0.5) is 0 Å². The van der Waals surface area contributed by atoms with Crippen LogP contribution >= 0.6 is 27.3 Å². The Labute approximate surface area is 272 Å². The van der Waals surface area contributed by atoms with E-state index in [9.17, 15) is 14.4 Å². The number of rotatable bonds is 13. The molecule has 1 aliphatic heterocycles. The van der Waals surface area contributed by atoms with Gasteiger partial charge in [0, 0.05) is 10.0 Å². The second-order valence-electron chi connectivity index (χ2n) is 9.43. The van der Waals surface area contributed by atoms with E-state index in [4.69, 9.17) is 23.7 Å². The Morgan fingerprint density at radius 1 is 1.07 bits per heavy atom. The Morgan fingerprint density at radius 3 is 2.51 bits per heavy atom. The number of nitrogens with zero attached hydrogens (tertiary/aromatic N) is 2. The highest BCUT2D eigenvalue weighted by molar-refractivity contribution is 9.10. The Balaban J connectivity index is 1.94. The van der Waals surface area contributed by atoms with Crippen LogP contribution < -0.4 is 33.8 Å². The van der Waals surface area contributed by atoms with Gasteiger partial charge in [0.15, 0.2) is 34.4 Å². The van der Waals surface area contributed by atoms with Gasteiger partial charge in [-0.25, -0.2) is 14.6 Å². The molecule has 0 fully saturated rings. The van der Waals surface area contributed by atoms with E-state index < -0.39 is 18.0 Å². The summed E-state index contributed by atoms with van der Waals surface area (Å²) in [5.74, 6) is 0.380. The summed E-state index contributed by atoms with van der Waals surface area (Å²) in [5.41, 5.74) is 1.38. The fourth-order valence-corrected chi connectivity index (χ4v) is 6.16. The quantitative estimate of drug-likeness (QED) is 0.192. The molecule has 11 nitrogen and oxygen atoms in total. The summed E-state index contributed by atoms with van der Waals surface area (Å²) in [5, 5.41) is 0. The van der Waals surface area contributed by atoms with Gasteiger partial charge >= 0.3 is 11.9 Å². The number of ether oxygens (including phenoxy) is 6. The summed E-state index contributed by atoms with van der Waals surface area (Å²) in [6.07, 6.45) is 3.31. The number of hydrogen-bond donors (Lipinski definition) is 0. The van der Waals surface area contributed by atoms with Gasteiger partial charge in [0.1, 0.15) is 6.61 Å². The first kappa shape index (κ1) is 33.5. The Kier molecular flexibility index (Phi) is 11.2. The lowest BCUT2D eigenvalue weighted by Crippen LogP contribution is -2.40. The van der Waals surface area contributed by atoms with Crippen molar-refractivity contribution in [1.29, 1.82) is 0 Å². The van der Waals surface area contributed by atoms with Crippen molar-refractivity contribution >= 4 is 45.3 Å². The number of methoxy groups -OCH3 is 2. The van der Waals surface area contributed by atoms with Crippen LogP contribution in [0.5, 0.6) is 23.0 Å². The van der Waals surface area contributed by atoms with E-state index in [2.05, 4.69) is 32.2 Å². The number of carbonyl (C=O) groups is 2. The van der Waals surface area contributed by atoms with E-state index in [0.717, 1.165) is 4.47 Å². The summed E-state index contributed by atoms with van der Waals surface area (Å²) in [6.45, 7) is 9.26. The van der Waals surface area contributed by atoms with Gasteiger partial charge < -0.3 is 28.4 Å². The molecule has 1 atom stereocenters. The molecule has 1 aliphatic rings. The van der Waals surface area contributed by atoms with Crippen LogP contribution in [0.15, 0.2) is 68.5 Å². The lowest BCUT2D eigenvalue weighted by Gasteiger charge is -2.25. The second kappa shape index (κ2) is 15.1. The van der Waals surface area contributed by atoms with E-state index >= 15 is 0 Å². The number of allylic oxidation sites excluding steroid dienone is 1. The van der Waals surface area contributed by atoms with Crippen LogP contribution in [0.3, 0.4) is 0 Å². The number of fused-ring (bicyclic) bond motifs is 1. The molecule has 1 aromatic heterocycles. The molecule has 4 rings (SSSR count). The third-order valence-corrected chi connectivity index (χ3v) is 8.01. The van der Waals surface area contributed by atoms with E-state index in [1.165, 1.54) is 30.1 Å². The average molecular weight is 702 g/mol. The SMILES string of the molecule is C=CCOc1c(/C=c2/sc3n(c2=O)[C@@H](c2ccc(OCC(=O)OC)c(OCC)c2)C(C(=O)OCC)=C(C)N=3)cc(Br)cc1OC. The lowest BCUT2D eigenvalue weighted by molar-refractivity contribution is -0.143. The third-order valence-electron chi connectivity index (χ3n) is 6.57. The van der Waals surface area contributed by atoms with Crippen molar-refractivity contribution in [2.75, 3.05) is 40.6 Å².